The van der Waals surface area contributed by atoms with Gasteiger partial charge in [-0.3, -0.25) is 4.79 Å². The molecular weight excluding hydrogens is 563 g/mol. The maximum atomic E-state index is 14.1. The molecule has 0 saturated carbocycles. The minimum absolute atomic E-state index is 0.197. The number of hydrogen-bond donors (Lipinski definition) is 1. The second-order valence-electron chi connectivity index (χ2n) is 11.0. The molecular formula is C32H32Cl2N2O3S. The summed E-state index contributed by atoms with van der Waals surface area (Å²) in [6.07, 6.45) is 3.76. The molecule has 1 atom stereocenters. The zero-order chi connectivity index (χ0) is 28.8. The number of aromatic nitrogens is 1. The van der Waals surface area contributed by atoms with Gasteiger partial charge >= 0.3 is 5.97 Å². The zero-order valence-corrected chi connectivity index (χ0v) is 25.6. The normalized spacial score (nSPS) is 15.1. The fourth-order valence-corrected chi connectivity index (χ4v) is 7.47. The summed E-state index contributed by atoms with van der Waals surface area (Å²) in [7, 11) is 1.38. The van der Waals surface area contributed by atoms with Gasteiger partial charge < -0.3 is 10.1 Å². The van der Waals surface area contributed by atoms with E-state index in [0.717, 1.165) is 41.5 Å². The summed E-state index contributed by atoms with van der Waals surface area (Å²) < 4.78 is 5.18. The highest BCUT2D eigenvalue weighted by atomic mass is 35.5. The molecule has 2 heterocycles. The quantitative estimate of drug-likeness (QED) is 0.226. The lowest BCUT2D eigenvalue weighted by atomic mass is 9.69. The first kappa shape index (κ1) is 28.6. The van der Waals surface area contributed by atoms with E-state index < -0.39 is 5.97 Å². The van der Waals surface area contributed by atoms with Crippen LogP contribution in [0.3, 0.4) is 0 Å². The van der Waals surface area contributed by atoms with Gasteiger partial charge in [0.1, 0.15) is 5.00 Å². The molecule has 1 unspecified atom stereocenters. The highest BCUT2D eigenvalue weighted by molar-refractivity contribution is 7.17. The Morgan fingerprint density at radius 1 is 1.15 bits per heavy atom. The zero-order valence-electron chi connectivity index (χ0n) is 23.3. The smallest absolute Gasteiger partial charge is 0.341 e. The second-order valence-corrected chi connectivity index (χ2v) is 13.0. The molecule has 5 rings (SSSR count). The van der Waals surface area contributed by atoms with Gasteiger partial charge in [0.25, 0.3) is 5.91 Å². The van der Waals surface area contributed by atoms with Gasteiger partial charge in [0.2, 0.25) is 0 Å². The van der Waals surface area contributed by atoms with Crippen LogP contribution in [0.15, 0.2) is 42.5 Å². The van der Waals surface area contributed by atoms with Gasteiger partial charge in [-0.1, -0.05) is 68.6 Å². The Labute approximate surface area is 248 Å². The number of ether oxygens (including phenoxy) is 1. The number of para-hydroxylation sites is 1. The molecule has 5 nitrogen and oxygen atoms in total. The van der Waals surface area contributed by atoms with Crippen LogP contribution in [0.4, 0.5) is 5.00 Å². The van der Waals surface area contributed by atoms with Crippen LogP contribution in [-0.2, 0) is 17.6 Å². The van der Waals surface area contributed by atoms with Crippen molar-refractivity contribution in [1.29, 1.82) is 0 Å². The molecule has 8 heteroatoms. The molecule has 1 aliphatic carbocycles. The number of benzene rings is 2. The molecule has 208 valence electrons. The first-order chi connectivity index (χ1) is 19.1. The van der Waals surface area contributed by atoms with Crippen molar-refractivity contribution >= 4 is 62.3 Å². The summed E-state index contributed by atoms with van der Waals surface area (Å²) in [5, 5.41) is 5.32. The van der Waals surface area contributed by atoms with E-state index in [2.05, 4.69) is 26.1 Å². The Balaban J connectivity index is 1.60. The van der Waals surface area contributed by atoms with Crippen LogP contribution in [0.5, 0.6) is 0 Å². The van der Waals surface area contributed by atoms with E-state index >= 15 is 0 Å². The SMILES string of the molecule is CCC(C)(C)C1CCc2c(sc(NC(=O)c3c(C)c(-c4ccc(Cl)cc4Cl)nc4ccccc34)c2C(=O)OC)C1. The Morgan fingerprint density at radius 2 is 1.90 bits per heavy atom. The standard InChI is InChI=1S/C32H32Cl2N2O3S/c1-6-32(3,4)18-11-13-22-25(15-18)40-30(27(22)31(38)39-5)36-29(37)26-17(2)28(20-14-12-19(33)16-23(20)34)35-24-10-8-7-9-21(24)26/h7-10,12,14,16,18H,6,11,13,15H2,1-5H3,(H,36,37). The van der Waals surface area contributed by atoms with Gasteiger partial charge in [0, 0.05) is 20.8 Å². The van der Waals surface area contributed by atoms with Crippen LogP contribution in [0.2, 0.25) is 10.0 Å². The molecule has 0 saturated heterocycles. The number of hydrogen-bond acceptors (Lipinski definition) is 5. The van der Waals surface area contributed by atoms with E-state index in [1.807, 2.05) is 37.3 Å². The molecule has 4 aromatic rings. The number of halogens is 2. The fraction of sp³-hybridized carbons (Fsp3) is 0.344. The van der Waals surface area contributed by atoms with Crippen LogP contribution in [0, 0.1) is 18.3 Å². The Bertz CT molecular complexity index is 1640. The average molecular weight is 596 g/mol. The van der Waals surface area contributed by atoms with Crippen molar-refractivity contribution < 1.29 is 14.3 Å². The van der Waals surface area contributed by atoms with E-state index in [4.69, 9.17) is 32.9 Å². The predicted molar refractivity (Wildman–Crippen MR) is 165 cm³/mol. The molecule has 2 aromatic carbocycles. The number of anilines is 1. The summed E-state index contributed by atoms with van der Waals surface area (Å²) in [6.45, 7) is 8.71. The third-order valence-corrected chi connectivity index (χ3v) is 10.2. The van der Waals surface area contributed by atoms with Crippen molar-refractivity contribution in [1.82, 2.24) is 4.98 Å². The van der Waals surface area contributed by atoms with Crippen molar-refractivity contribution in [3.63, 3.8) is 0 Å². The molecule has 0 bridgehead atoms. The first-order valence-electron chi connectivity index (χ1n) is 13.4. The average Bonchev–Trinajstić information content (AvgIpc) is 3.29. The number of fused-ring (bicyclic) bond motifs is 2. The van der Waals surface area contributed by atoms with E-state index in [0.29, 0.717) is 54.4 Å². The number of nitrogens with one attached hydrogen (secondary N) is 1. The number of amides is 1. The molecule has 0 radical (unpaired) electrons. The van der Waals surface area contributed by atoms with E-state index in [-0.39, 0.29) is 11.3 Å². The number of thiophene rings is 1. The van der Waals surface area contributed by atoms with Crippen molar-refractivity contribution in [2.45, 2.75) is 53.4 Å². The number of nitrogens with zero attached hydrogens (tertiary/aromatic N) is 1. The minimum Gasteiger partial charge on any atom is -0.465 e. The van der Waals surface area contributed by atoms with Crippen molar-refractivity contribution in [3.05, 3.63) is 79.6 Å². The monoisotopic (exact) mass is 594 g/mol. The van der Waals surface area contributed by atoms with Crippen LogP contribution in [0.25, 0.3) is 22.2 Å². The minimum atomic E-state index is -0.425. The summed E-state index contributed by atoms with van der Waals surface area (Å²) in [5.74, 6) is -0.224. The lowest BCUT2D eigenvalue weighted by molar-refractivity contribution is 0.0600. The Kier molecular flexibility index (Phi) is 7.97. The summed E-state index contributed by atoms with van der Waals surface area (Å²) in [4.78, 5) is 33.1. The maximum Gasteiger partial charge on any atom is 0.341 e. The van der Waals surface area contributed by atoms with Crippen LogP contribution < -0.4 is 5.32 Å². The lowest BCUT2D eigenvalue weighted by Crippen LogP contribution is -2.28. The van der Waals surface area contributed by atoms with Gasteiger partial charge in [-0.2, -0.15) is 0 Å². The Morgan fingerprint density at radius 3 is 2.60 bits per heavy atom. The van der Waals surface area contributed by atoms with E-state index in [1.54, 1.807) is 12.1 Å². The number of pyridine rings is 1. The molecule has 0 fully saturated rings. The van der Waals surface area contributed by atoms with Gasteiger partial charge in [-0.05, 0) is 72.9 Å². The maximum absolute atomic E-state index is 14.1. The third kappa shape index (κ3) is 5.13. The first-order valence-corrected chi connectivity index (χ1v) is 15.0. The molecule has 2 aromatic heterocycles. The third-order valence-electron chi connectivity index (χ3n) is 8.45. The number of esters is 1. The topological polar surface area (TPSA) is 68.3 Å². The number of rotatable bonds is 6. The van der Waals surface area contributed by atoms with E-state index in [1.165, 1.54) is 18.4 Å². The highest BCUT2D eigenvalue weighted by Gasteiger charge is 2.36. The molecule has 0 aliphatic heterocycles. The van der Waals surface area contributed by atoms with Gasteiger partial charge in [-0.25, -0.2) is 9.78 Å². The van der Waals surface area contributed by atoms with Crippen molar-refractivity contribution in [2.24, 2.45) is 11.3 Å². The van der Waals surface area contributed by atoms with Gasteiger partial charge in [0.05, 0.1) is 34.5 Å². The largest absolute Gasteiger partial charge is 0.465 e. The molecule has 1 aliphatic rings. The summed E-state index contributed by atoms with van der Waals surface area (Å²) in [5.41, 5.74) is 4.81. The van der Waals surface area contributed by atoms with Crippen molar-refractivity contribution in [2.75, 3.05) is 12.4 Å². The Hall–Kier alpha value is -2.93. The summed E-state index contributed by atoms with van der Waals surface area (Å²) >= 11 is 14.2. The van der Waals surface area contributed by atoms with E-state index in [9.17, 15) is 9.59 Å². The summed E-state index contributed by atoms with van der Waals surface area (Å²) in [6, 6.07) is 12.8. The molecule has 1 amide bonds. The molecule has 0 spiro atoms. The highest BCUT2D eigenvalue weighted by Crippen LogP contribution is 2.46. The van der Waals surface area contributed by atoms with Crippen LogP contribution in [0.1, 0.15) is 70.3 Å². The van der Waals surface area contributed by atoms with Crippen molar-refractivity contribution in [3.8, 4) is 11.3 Å². The van der Waals surface area contributed by atoms with Gasteiger partial charge in [0.15, 0.2) is 0 Å². The van der Waals surface area contributed by atoms with Gasteiger partial charge in [-0.15, -0.1) is 11.3 Å². The number of carbonyl (C=O) groups excluding carboxylic acids is 2. The molecule has 1 N–H and O–H groups in total. The predicted octanol–water partition coefficient (Wildman–Crippen LogP) is 9.16. The lowest BCUT2D eigenvalue weighted by Gasteiger charge is -2.36. The second kappa shape index (κ2) is 11.2. The fourth-order valence-electron chi connectivity index (χ4n) is 5.66. The number of methoxy groups -OCH3 is 1. The van der Waals surface area contributed by atoms with Crippen LogP contribution >= 0.6 is 34.5 Å². The molecule has 40 heavy (non-hydrogen) atoms. The number of carbonyl (C=O) groups is 2. The van der Waals surface area contributed by atoms with Crippen LogP contribution in [-0.4, -0.2) is 24.0 Å².